The lowest BCUT2D eigenvalue weighted by Gasteiger charge is -2.33. The van der Waals surface area contributed by atoms with Crippen LogP contribution in [0, 0.1) is 23.7 Å². The Morgan fingerprint density at radius 3 is 2.30 bits per heavy atom. The zero-order valence-corrected chi connectivity index (χ0v) is 20.0. The first-order valence-corrected chi connectivity index (χ1v) is 11.5. The Kier molecular flexibility index (Phi) is 6.15. The molecule has 2 N–H and O–H groups in total. The molecular weight excluding hydrogens is 392 g/mol. The van der Waals surface area contributed by atoms with E-state index in [1.54, 1.807) is 11.3 Å². The molecule has 0 aliphatic heterocycles. The number of thiophene rings is 1. The number of hydrogen-bond acceptors (Lipinski definition) is 3. The van der Waals surface area contributed by atoms with E-state index in [9.17, 15) is 9.59 Å². The summed E-state index contributed by atoms with van der Waals surface area (Å²) < 4.78 is 0. The van der Waals surface area contributed by atoms with Crippen LogP contribution in [0.25, 0.3) is 0 Å². The number of carbonyl (C=O) groups excluding carboxylic acids is 2. The fraction of sp³-hybridized carbons (Fsp3) is 0.520. The fourth-order valence-corrected chi connectivity index (χ4v) is 5.16. The molecule has 1 aliphatic rings. The Hall–Kier alpha value is -2.14. The Morgan fingerprint density at radius 1 is 1.03 bits per heavy atom. The Morgan fingerprint density at radius 2 is 1.70 bits per heavy atom. The predicted octanol–water partition coefficient (Wildman–Crippen LogP) is 6.44. The van der Waals surface area contributed by atoms with Crippen molar-refractivity contribution in [2.45, 2.75) is 67.7 Å². The lowest BCUT2D eigenvalue weighted by molar-refractivity contribution is -0.123. The molecule has 0 saturated carbocycles. The summed E-state index contributed by atoms with van der Waals surface area (Å²) in [5, 5.41) is 6.82. The van der Waals surface area contributed by atoms with Crippen LogP contribution < -0.4 is 10.6 Å². The van der Waals surface area contributed by atoms with Gasteiger partial charge in [-0.25, -0.2) is 0 Å². The molecule has 1 aliphatic carbocycles. The highest BCUT2D eigenvalue weighted by Crippen LogP contribution is 2.44. The second-order valence-corrected chi connectivity index (χ2v) is 11.6. The zero-order valence-electron chi connectivity index (χ0n) is 19.2. The molecule has 1 atom stereocenters. The van der Waals surface area contributed by atoms with E-state index in [4.69, 9.17) is 0 Å². The highest BCUT2D eigenvalue weighted by atomic mass is 32.1. The van der Waals surface area contributed by atoms with Gasteiger partial charge in [-0.2, -0.15) is 0 Å². The summed E-state index contributed by atoms with van der Waals surface area (Å²) in [6.07, 6.45) is 2.89. The summed E-state index contributed by atoms with van der Waals surface area (Å²) >= 11 is 1.58. The Labute approximate surface area is 184 Å². The fourth-order valence-electron chi connectivity index (χ4n) is 3.84. The van der Waals surface area contributed by atoms with Crippen LogP contribution in [0.5, 0.6) is 0 Å². The second kappa shape index (κ2) is 8.18. The van der Waals surface area contributed by atoms with Gasteiger partial charge in [0.05, 0.1) is 5.56 Å². The highest BCUT2D eigenvalue weighted by Gasteiger charge is 2.35. The Balaban J connectivity index is 1.99. The third-order valence-electron chi connectivity index (χ3n) is 6.02. The normalized spacial score (nSPS) is 16.7. The molecule has 0 radical (unpaired) electrons. The molecule has 2 amide bonds. The number of amides is 2. The van der Waals surface area contributed by atoms with Gasteiger partial charge in [-0.3, -0.25) is 9.59 Å². The molecule has 30 heavy (non-hydrogen) atoms. The molecule has 4 nitrogen and oxygen atoms in total. The van der Waals surface area contributed by atoms with E-state index in [0.29, 0.717) is 16.5 Å². The molecule has 1 heterocycles. The van der Waals surface area contributed by atoms with E-state index in [1.807, 2.05) is 52.0 Å². The smallest absolute Gasteiger partial charge is 0.258 e. The van der Waals surface area contributed by atoms with E-state index < -0.39 is 5.41 Å². The van der Waals surface area contributed by atoms with E-state index in [2.05, 4.69) is 31.4 Å². The second-order valence-electron chi connectivity index (χ2n) is 10.5. The number of carbonyl (C=O) groups is 2. The van der Waals surface area contributed by atoms with Gasteiger partial charge in [0.1, 0.15) is 5.00 Å². The van der Waals surface area contributed by atoms with Crippen LogP contribution >= 0.6 is 11.3 Å². The number of para-hydroxylation sites is 1. The van der Waals surface area contributed by atoms with Crippen molar-refractivity contribution in [3.05, 3.63) is 45.8 Å². The summed E-state index contributed by atoms with van der Waals surface area (Å²) in [6.45, 7) is 14.5. The van der Waals surface area contributed by atoms with Gasteiger partial charge in [0.25, 0.3) is 5.91 Å². The van der Waals surface area contributed by atoms with E-state index in [1.165, 1.54) is 4.88 Å². The van der Waals surface area contributed by atoms with Crippen LogP contribution in [-0.4, -0.2) is 11.8 Å². The lowest BCUT2D eigenvalue weighted by atomic mass is 9.72. The third-order valence-corrected chi connectivity index (χ3v) is 7.19. The maximum atomic E-state index is 13.4. The van der Waals surface area contributed by atoms with Gasteiger partial charge in [-0.1, -0.05) is 59.7 Å². The van der Waals surface area contributed by atoms with Crippen LogP contribution in [0.4, 0.5) is 10.7 Å². The molecule has 0 saturated heterocycles. The number of nitrogens with one attached hydrogen (secondary N) is 2. The number of hydrogen-bond donors (Lipinski definition) is 2. The first kappa shape index (κ1) is 22.5. The van der Waals surface area contributed by atoms with Crippen molar-refractivity contribution in [2.24, 2.45) is 16.7 Å². The van der Waals surface area contributed by atoms with Crippen molar-refractivity contribution in [3.8, 4) is 0 Å². The standard InChI is InChI=1S/C25H34N2O2S/c1-15-10-8-9-11-18(15)26-21(28)20-17-13-12-16(24(2,3)4)14-19(17)30-22(20)27-23(29)25(5,6)7/h8-11,16H,12-14H2,1-7H3,(H,26,28)(H,27,29). The molecule has 162 valence electrons. The van der Waals surface area contributed by atoms with Crippen molar-refractivity contribution in [2.75, 3.05) is 10.6 Å². The van der Waals surface area contributed by atoms with Crippen molar-refractivity contribution in [1.29, 1.82) is 0 Å². The van der Waals surface area contributed by atoms with Gasteiger partial charge < -0.3 is 10.6 Å². The van der Waals surface area contributed by atoms with Crippen molar-refractivity contribution in [3.63, 3.8) is 0 Å². The summed E-state index contributed by atoms with van der Waals surface area (Å²) in [7, 11) is 0. The topological polar surface area (TPSA) is 58.2 Å². The third kappa shape index (κ3) is 4.77. The zero-order chi connectivity index (χ0) is 22.3. The Bertz CT molecular complexity index is 961. The van der Waals surface area contributed by atoms with Gasteiger partial charge in [0.15, 0.2) is 0 Å². The quantitative estimate of drug-likeness (QED) is 0.593. The number of benzene rings is 1. The minimum atomic E-state index is -0.526. The lowest BCUT2D eigenvalue weighted by Crippen LogP contribution is -2.29. The molecule has 0 spiro atoms. The first-order valence-electron chi connectivity index (χ1n) is 10.7. The van der Waals surface area contributed by atoms with Gasteiger partial charge in [-0.15, -0.1) is 11.3 Å². The van der Waals surface area contributed by atoms with Crippen molar-refractivity contribution in [1.82, 2.24) is 0 Å². The molecule has 5 heteroatoms. The maximum absolute atomic E-state index is 13.4. The minimum absolute atomic E-state index is 0.0709. The summed E-state index contributed by atoms with van der Waals surface area (Å²) in [5.41, 5.74) is 3.27. The number of aryl methyl sites for hydroxylation is 1. The van der Waals surface area contributed by atoms with Crippen LogP contribution in [0.3, 0.4) is 0 Å². The molecule has 3 rings (SSSR count). The van der Waals surface area contributed by atoms with Crippen LogP contribution in [0.1, 0.15) is 74.3 Å². The molecule has 0 fully saturated rings. The van der Waals surface area contributed by atoms with Gasteiger partial charge in [0, 0.05) is 16.0 Å². The SMILES string of the molecule is Cc1ccccc1NC(=O)c1c(NC(=O)C(C)(C)C)sc2c1CCC(C(C)(C)C)C2. The average Bonchev–Trinajstić information content (AvgIpc) is 2.99. The number of rotatable bonds is 3. The van der Waals surface area contributed by atoms with Crippen LogP contribution in [-0.2, 0) is 17.6 Å². The summed E-state index contributed by atoms with van der Waals surface area (Å²) in [4.78, 5) is 27.3. The van der Waals surface area contributed by atoms with Crippen LogP contribution in [0.15, 0.2) is 24.3 Å². The van der Waals surface area contributed by atoms with Gasteiger partial charge in [-0.05, 0) is 54.7 Å². The summed E-state index contributed by atoms with van der Waals surface area (Å²) in [6, 6.07) is 7.77. The van der Waals surface area contributed by atoms with Gasteiger partial charge in [0.2, 0.25) is 5.91 Å². The molecule has 1 aromatic carbocycles. The number of anilines is 2. The largest absolute Gasteiger partial charge is 0.322 e. The molecule has 1 aromatic heterocycles. The van der Waals surface area contributed by atoms with Crippen LogP contribution in [0.2, 0.25) is 0 Å². The molecule has 2 aromatic rings. The molecular formula is C25H34N2O2S. The monoisotopic (exact) mass is 426 g/mol. The predicted molar refractivity (Wildman–Crippen MR) is 127 cm³/mol. The van der Waals surface area contributed by atoms with E-state index in [-0.39, 0.29) is 17.2 Å². The molecule has 0 bridgehead atoms. The van der Waals surface area contributed by atoms with Gasteiger partial charge >= 0.3 is 0 Å². The highest BCUT2D eigenvalue weighted by molar-refractivity contribution is 7.17. The van der Waals surface area contributed by atoms with Crippen molar-refractivity contribution >= 4 is 33.8 Å². The number of fused-ring (bicyclic) bond motifs is 1. The first-order chi connectivity index (χ1) is 13.9. The minimum Gasteiger partial charge on any atom is -0.322 e. The van der Waals surface area contributed by atoms with E-state index >= 15 is 0 Å². The maximum Gasteiger partial charge on any atom is 0.258 e. The molecule has 1 unspecified atom stereocenters. The summed E-state index contributed by atoms with van der Waals surface area (Å²) in [5.74, 6) is 0.362. The van der Waals surface area contributed by atoms with Crippen molar-refractivity contribution < 1.29 is 9.59 Å². The van der Waals surface area contributed by atoms with E-state index in [0.717, 1.165) is 36.1 Å². The average molecular weight is 427 g/mol.